The van der Waals surface area contributed by atoms with E-state index in [1.165, 1.54) is 6.42 Å². The van der Waals surface area contributed by atoms with E-state index in [-0.39, 0.29) is 0 Å². The number of nitrogens with zero attached hydrogens (tertiary/aromatic N) is 4. The van der Waals surface area contributed by atoms with Crippen LogP contribution in [0.15, 0.2) is 9.05 Å². The molecule has 1 saturated heterocycles. The molecular weight excluding hydrogens is 246 g/mol. The summed E-state index contributed by atoms with van der Waals surface area (Å²) >= 11 is 0. The molecule has 2 aromatic rings. The molecule has 1 atom stereocenters. The molecule has 2 aromatic heterocycles. The van der Waals surface area contributed by atoms with Crippen molar-refractivity contribution in [2.45, 2.75) is 32.6 Å². The zero-order valence-corrected chi connectivity index (χ0v) is 10.9. The summed E-state index contributed by atoms with van der Waals surface area (Å²) in [6, 6.07) is 0. The van der Waals surface area contributed by atoms with Crippen molar-refractivity contribution in [3.8, 4) is 0 Å². The van der Waals surface area contributed by atoms with Crippen LogP contribution in [0.4, 0.5) is 0 Å². The van der Waals surface area contributed by atoms with Gasteiger partial charge in [0.2, 0.25) is 11.8 Å². The van der Waals surface area contributed by atoms with Crippen molar-refractivity contribution in [2.75, 3.05) is 13.1 Å². The number of aromatic nitrogens is 4. The first-order valence-electron chi connectivity index (χ1n) is 6.61. The second kappa shape index (κ2) is 5.48. The Morgan fingerprint density at radius 2 is 2.05 bits per heavy atom. The van der Waals surface area contributed by atoms with Gasteiger partial charge >= 0.3 is 0 Å². The first kappa shape index (κ1) is 12.3. The minimum atomic E-state index is 0.450. The van der Waals surface area contributed by atoms with Crippen LogP contribution in [0.1, 0.15) is 36.3 Å². The number of rotatable bonds is 5. The third-order valence-electron chi connectivity index (χ3n) is 3.32. The zero-order valence-electron chi connectivity index (χ0n) is 10.9. The maximum Gasteiger partial charge on any atom is 0.226 e. The molecule has 0 bridgehead atoms. The highest BCUT2D eigenvalue weighted by atomic mass is 16.5. The Kier molecular flexibility index (Phi) is 3.54. The average molecular weight is 263 g/mol. The Bertz CT molecular complexity index is 530. The standard InChI is InChI=1S/C12H17N5O2/c1-8-14-10(16-18-8)6-11-15-12(19-17-11)3-2-9-4-5-13-7-9/h9,13H,2-7H2,1H3. The van der Waals surface area contributed by atoms with Crippen molar-refractivity contribution in [3.63, 3.8) is 0 Å². The monoisotopic (exact) mass is 263 g/mol. The van der Waals surface area contributed by atoms with Crippen molar-refractivity contribution in [1.29, 1.82) is 0 Å². The molecule has 7 nitrogen and oxygen atoms in total. The third-order valence-corrected chi connectivity index (χ3v) is 3.32. The Morgan fingerprint density at radius 1 is 1.21 bits per heavy atom. The van der Waals surface area contributed by atoms with Gasteiger partial charge in [0.25, 0.3) is 0 Å². The van der Waals surface area contributed by atoms with E-state index in [0.717, 1.165) is 31.8 Å². The second-order valence-electron chi connectivity index (χ2n) is 4.91. The lowest BCUT2D eigenvalue weighted by molar-refractivity contribution is 0.360. The average Bonchev–Trinajstić information content (AvgIpc) is 3.10. The van der Waals surface area contributed by atoms with Crippen LogP contribution in [0.5, 0.6) is 0 Å². The summed E-state index contributed by atoms with van der Waals surface area (Å²) in [6.07, 6.45) is 3.62. The molecular formula is C12H17N5O2. The summed E-state index contributed by atoms with van der Waals surface area (Å²) in [4.78, 5) is 8.47. The highest BCUT2D eigenvalue weighted by Crippen LogP contribution is 2.15. The van der Waals surface area contributed by atoms with Crippen LogP contribution in [0.25, 0.3) is 0 Å². The van der Waals surface area contributed by atoms with E-state index in [2.05, 4.69) is 25.6 Å². The molecule has 1 aliphatic rings. The van der Waals surface area contributed by atoms with Crippen LogP contribution in [0.3, 0.4) is 0 Å². The topological polar surface area (TPSA) is 89.9 Å². The van der Waals surface area contributed by atoms with Gasteiger partial charge in [-0.15, -0.1) is 0 Å². The maximum absolute atomic E-state index is 5.24. The van der Waals surface area contributed by atoms with Gasteiger partial charge in [-0.3, -0.25) is 0 Å². The molecule has 1 unspecified atom stereocenters. The maximum atomic E-state index is 5.24. The molecule has 0 amide bonds. The summed E-state index contributed by atoms with van der Waals surface area (Å²) in [6.45, 7) is 3.98. The molecule has 102 valence electrons. The SMILES string of the molecule is Cc1nc(Cc2noc(CCC3CCNC3)n2)no1. The largest absolute Gasteiger partial charge is 0.340 e. The molecule has 0 aliphatic carbocycles. The van der Waals surface area contributed by atoms with Crippen LogP contribution in [0.2, 0.25) is 0 Å². The Labute approximate surface area is 110 Å². The van der Waals surface area contributed by atoms with Gasteiger partial charge in [-0.2, -0.15) is 9.97 Å². The lowest BCUT2D eigenvalue weighted by Crippen LogP contribution is -2.09. The summed E-state index contributed by atoms with van der Waals surface area (Å²) < 4.78 is 10.1. The molecule has 0 spiro atoms. The fourth-order valence-corrected chi connectivity index (χ4v) is 2.31. The van der Waals surface area contributed by atoms with E-state index in [0.29, 0.717) is 29.9 Å². The van der Waals surface area contributed by atoms with Gasteiger partial charge in [-0.25, -0.2) is 0 Å². The summed E-state index contributed by atoms with van der Waals surface area (Å²) in [5.74, 6) is 3.18. The van der Waals surface area contributed by atoms with E-state index in [1.807, 2.05) is 0 Å². The van der Waals surface area contributed by atoms with Gasteiger partial charge in [0, 0.05) is 13.3 Å². The predicted molar refractivity (Wildman–Crippen MR) is 65.4 cm³/mol. The summed E-state index contributed by atoms with van der Waals surface area (Å²) in [5.41, 5.74) is 0. The highest BCUT2D eigenvalue weighted by molar-refractivity contribution is 4.98. The van der Waals surface area contributed by atoms with Gasteiger partial charge < -0.3 is 14.4 Å². The van der Waals surface area contributed by atoms with E-state index >= 15 is 0 Å². The molecule has 3 heterocycles. The molecule has 0 radical (unpaired) electrons. The van der Waals surface area contributed by atoms with Gasteiger partial charge in [0.05, 0.1) is 6.42 Å². The minimum Gasteiger partial charge on any atom is -0.340 e. The Morgan fingerprint density at radius 3 is 2.79 bits per heavy atom. The van der Waals surface area contributed by atoms with Crippen molar-refractivity contribution in [1.82, 2.24) is 25.6 Å². The van der Waals surface area contributed by atoms with Crippen LogP contribution in [-0.2, 0) is 12.8 Å². The lowest BCUT2D eigenvalue weighted by Gasteiger charge is -2.03. The molecule has 7 heteroatoms. The first-order valence-corrected chi connectivity index (χ1v) is 6.61. The number of hydrogen-bond donors (Lipinski definition) is 1. The molecule has 1 fully saturated rings. The van der Waals surface area contributed by atoms with Crippen LogP contribution >= 0.6 is 0 Å². The Hall–Kier alpha value is -1.76. The summed E-state index contributed by atoms with van der Waals surface area (Å²) in [7, 11) is 0. The van der Waals surface area contributed by atoms with Crippen LogP contribution in [0, 0.1) is 12.8 Å². The first-order chi connectivity index (χ1) is 9.29. The van der Waals surface area contributed by atoms with Crippen LogP contribution < -0.4 is 5.32 Å². The number of hydrogen-bond acceptors (Lipinski definition) is 7. The van der Waals surface area contributed by atoms with E-state index in [1.54, 1.807) is 6.92 Å². The lowest BCUT2D eigenvalue weighted by atomic mass is 10.0. The van der Waals surface area contributed by atoms with E-state index < -0.39 is 0 Å². The molecule has 1 aliphatic heterocycles. The number of aryl methyl sites for hydroxylation is 2. The third kappa shape index (κ3) is 3.17. The van der Waals surface area contributed by atoms with E-state index in [4.69, 9.17) is 9.05 Å². The molecule has 1 N–H and O–H groups in total. The van der Waals surface area contributed by atoms with Crippen molar-refractivity contribution >= 4 is 0 Å². The molecule has 0 aromatic carbocycles. The smallest absolute Gasteiger partial charge is 0.226 e. The molecule has 19 heavy (non-hydrogen) atoms. The van der Waals surface area contributed by atoms with Gasteiger partial charge in [-0.1, -0.05) is 10.3 Å². The van der Waals surface area contributed by atoms with Crippen molar-refractivity contribution in [3.05, 3.63) is 23.4 Å². The van der Waals surface area contributed by atoms with Gasteiger partial charge in [0.15, 0.2) is 11.6 Å². The van der Waals surface area contributed by atoms with Gasteiger partial charge in [0.1, 0.15) is 0 Å². The summed E-state index contributed by atoms with van der Waals surface area (Å²) in [5, 5.41) is 11.1. The minimum absolute atomic E-state index is 0.450. The Balaban J connectivity index is 1.53. The van der Waals surface area contributed by atoms with Crippen molar-refractivity contribution in [2.24, 2.45) is 5.92 Å². The van der Waals surface area contributed by atoms with Gasteiger partial charge in [-0.05, 0) is 31.8 Å². The molecule has 0 saturated carbocycles. The quantitative estimate of drug-likeness (QED) is 0.856. The normalized spacial score (nSPS) is 19.1. The zero-order chi connectivity index (χ0) is 13.1. The highest BCUT2D eigenvalue weighted by Gasteiger charge is 2.16. The molecule has 3 rings (SSSR count). The predicted octanol–water partition coefficient (Wildman–Crippen LogP) is 0.894. The van der Waals surface area contributed by atoms with E-state index in [9.17, 15) is 0 Å². The van der Waals surface area contributed by atoms with Crippen LogP contribution in [-0.4, -0.2) is 33.4 Å². The fraction of sp³-hybridized carbons (Fsp3) is 0.667. The fourth-order valence-electron chi connectivity index (χ4n) is 2.31. The number of nitrogens with one attached hydrogen (secondary N) is 1. The van der Waals surface area contributed by atoms with Crippen molar-refractivity contribution < 1.29 is 9.05 Å². The second-order valence-corrected chi connectivity index (χ2v) is 4.91.